The van der Waals surface area contributed by atoms with Crippen molar-refractivity contribution in [3.63, 3.8) is 0 Å². The molecule has 0 aliphatic heterocycles. The van der Waals surface area contributed by atoms with E-state index in [1.807, 2.05) is 0 Å². The number of halogens is 3. The average Bonchev–Trinajstić information content (AvgIpc) is 2.11. The van der Waals surface area contributed by atoms with Crippen LogP contribution in [-0.2, 0) is 11.2 Å². The SMILES string of the molecule is O=C(CCl)Cc1cc(F)ccc1Br. The molecule has 70 valence electrons. The molecule has 0 saturated carbocycles. The summed E-state index contributed by atoms with van der Waals surface area (Å²) in [6.45, 7) is 0. The Balaban J connectivity index is 2.87. The molecule has 0 bridgehead atoms. The summed E-state index contributed by atoms with van der Waals surface area (Å²) >= 11 is 8.56. The molecule has 0 saturated heterocycles. The highest BCUT2D eigenvalue weighted by atomic mass is 79.9. The van der Waals surface area contributed by atoms with Gasteiger partial charge in [-0.05, 0) is 23.8 Å². The summed E-state index contributed by atoms with van der Waals surface area (Å²) in [5.41, 5.74) is 0.630. The average molecular weight is 266 g/mol. The van der Waals surface area contributed by atoms with Gasteiger partial charge in [0.2, 0.25) is 0 Å². The van der Waals surface area contributed by atoms with E-state index in [9.17, 15) is 9.18 Å². The molecule has 0 amide bonds. The van der Waals surface area contributed by atoms with Crippen LogP contribution in [0.25, 0.3) is 0 Å². The second kappa shape index (κ2) is 4.72. The standard InChI is InChI=1S/C9H7BrClFO/c10-9-2-1-7(12)3-6(9)4-8(13)5-11/h1-3H,4-5H2. The highest BCUT2D eigenvalue weighted by molar-refractivity contribution is 9.10. The van der Waals surface area contributed by atoms with Gasteiger partial charge in [0.05, 0.1) is 5.88 Å². The van der Waals surface area contributed by atoms with Gasteiger partial charge in [0, 0.05) is 10.9 Å². The molecule has 4 heteroatoms. The zero-order valence-electron chi connectivity index (χ0n) is 6.69. The Bertz CT molecular complexity index is 327. The van der Waals surface area contributed by atoms with Crippen molar-refractivity contribution in [2.24, 2.45) is 0 Å². The second-order valence-electron chi connectivity index (χ2n) is 2.58. The second-order valence-corrected chi connectivity index (χ2v) is 3.71. The fourth-order valence-corrected chi connectivity index (χ4v) is 1.42. The highest BCUT2D eigenvalue weighted by Gasteiger charge is 2.06. The topological polar surface area (TPSA) is 17.1 Å². The van der Waals surface area contributed by atoms with Crippen LogP contribution in [0, 0.1) is 5.82 Å². The smallest absolute Gasteiger partial charge is 0.151 e. The van der Waals surface area contributed by atoms with Gasteiger partial charge in [-0.3, -0.25) is 4.79 Å². The predicted octanol–water partition coefficient (Wildman–Crippen LogP) is 2.94. The number of rotatable bonds is 3. The molecular weight excluding hydrogens is 258 g/mol. The van der Waals surface area contributed by atoms with E-state index in [1.165, 1.54) is 12.1 Å². The first-order chi connectivity index (χ1) is 6.13. The molecule has 13 heavy (non-hydrogen) atoms. The van der Waals surface area contributed by atoms with Crippen LogP contribution >= 0.6 is 27.5 Å². The molecule has 0 aliphatic rings. The molecule has 0 spiro atoms. The van der Waals surface area contributed by atoms with E-state index < -0.39 is 0 Å². The third-order valence-electron chi connectivity index (χ3n) is 1.54. The lowest BCUT2D eigenvalue weighted by Crippen LogP contribution is -2.04. The molecular formula is C9H7BrClFO. The van der Waals surface area contributed by atoms with E-state index in [0.717, 1.165) is 4.47 Å². The molecule has 0 atom stereocenters. The minimum Gasteiger partial charge on any atom is -0.298 e. The van der Waals surface area contributed by atoms with Crippen LogP contribution in [0.5, 0.6) is 0 Å². The van der Waals surface area contributed by atoms with Crippen LogP contribution in [0.2, 0.25) is 0 Å². The number of ketones is 1. The van der Waals surface area contributed by atoms with Gasteiger partial charge < -0.3 is 0 Å². The number of benzene rings is 1. The van der Waals surface area contributed by atoms with Crippen LogP contribution in [0.15, 0.2) is 22.7 Å². The van der Waals surface area contributed by atoms with Crippen molar-refractivity contribution >= 4 is 33.3 Å². The molecule has 1 nitrogen and oxygen atoms in total. The summed E-state index contributed by atoms with van der Waals surface area (Å²) in [6, 6.07) is 4.24. The van der Waals surface area contributed by atoms with Crippen molar-refractivity contribution in [1.82, 2.24) is 0 Å². The van der Waals surface area contributed by atoms with E-state index >= 15 is 0 Å². The van der Waals surface area contributed by atoms with Crippen molar-refractivity contribution in [3.8, 4) is 0 Å². The minimum atomic E-state index is -0.347. The Morgan fingerprint density at radius 3 is 2.85 bits per heavy atom. The van der Waals surface area contributed by atoms with E-state index in [1.54, 1.807) is 6.07 Å². The molecule has 0 unspecified atom stereocenters. The first kappa shape index (κ1) is 10.7. The molecule has 1 aromatic carbocycles. The predicted molar refractivity (Wildman–Crippen MR) is 53.5 cm³/mol. The lowest BCUT2D eigenvalue weighted by molar-refractivity contribution is -0.116. The van der Waals surface area contributed by atoms with Gasteiger partial charge in [0.15, 0.2) is 5.78 Å². The van der Waals surface area contributed by atoms with Gasteiger partial charge in [-0.1, -0.05) is 15.9 Å². The molecule has 0 N–H and O–H groups in total. The molecule has 0 heterocycles. The van der Waals surface area contributed by atoms with Gasteiger partial charge in [-0.15, -0.1) is 11.6 Å². The number of carbonyl (C=O) groups excluding carboxylic acids is 1. The third kappa shape index (κ3) is 3.08. The van der Waals surface area contributed by atoms with Gasteiger partial charge >= 0.3 is 0 Å². The van der Waals surface area contributed by atoms with Gasteiger partial charge in [-0.25, -0.2) is 4.39 Å². The maximum absolute atomic E-state index is 12.7. The van der Waals surface area contributed by atoms with Crippen LogP contribution in [0.3, 0.4) is 0 Å². The number of alkyl halides is 1. The van der Waals surface area contributed by atoms with Crippen LogP contribution < -0.4 is 0 Å². The monoisotopic (exact) mass is 264 g/mol. The summed E-state index contributed by atoms with van der Waals surface area (Å²) in [5.74, 6) is -0.503. The molecule has 0 fully saturated rings. The molecule has 0 aromatic heterocycles. The number of Topliss-reactive ketones (excluding diaryl/α,β-unsaturated/α-hetero) is 1. The van der Waals surface area contributed by atoms with Crippen LogP contribution in [0.1, 0.15) is 5.56 Å². The largest absolute Gasteiger partial charge is 0.298 e. The van der Waals surface area contributed by atoms with E-state index in [-0.39, 0.29) is 23.9 Å². The summed E-state index contributed by atoms with van der Waals surface area (Å²) in [6.07, 6.45) is 0.168. The zero-order chi connectivity index (χ0) is 9.84. The van der Waals surface area contributed by atoms with Crippen molar-refractivity contribution in [1.29, 1.82) is 0 Å². The molecule has 0 radical (unpaired) electrons. The Labute approximate surface area is 89.0 Å². The normalized spacial score (nSPS) is 10.1. The Hall–Kier alpha value is -0.410. The zero-order valence-corrected chi connectivity index (χ0v) is 9.03. The quantitative estimate of drug-likeness (QED) is 0.768. The summed E-state index contributed by atoms with van der Waals surface area (Å²) in [7, 11) is 0. The Morgan fingerprint density at radius 2 is 2.23 bits per heavy atom. The fourth-order valence-electron chi connectivity index (χ4n) is 0.938. The molecule has 1 rings (SSSR count). The van der Waals surface area contributed by atoms with Crippen molar-refractivity contribution < 1.29 is 9.18 Å². The maximum atomic E-state index is 12.7. The van der Waals surface area contributed by atoms with Crippen molar-refractivity contribution in [2.45, 2.75) is 6.42 Å². The van der Waals surface area contributed by atoms with Gasteiger partial charge in [-0.2, -0.15) is 0 Å². The van der Waals surface area contributed by atoms with Crippen LogP contribution in [0.4, 0.5) is 4.39 Å². The van der Waals surface area contributed by atoms with E-state index in [4.69, 9.17) is 11.6 Å². The number of hydrogen-bond acceptors (Lipinski definition) is 1. The third-order valence-corrected chi connectivity index (χ3v) is 2.62. The minimum absolute atomic E-state index is 0.0387. The lowest BCUT2D eigenvalue weighted by atomic mass is 10.1. The van der Waals surface area contributed by atoms with Crippen LogP contribution in [-0.4, -0.2) is 11.7 Å². The first-order valence-corrected chi connectivity index (χ1v) is 4.98. The fraction of sp³-hybridized carbons (Fsp3) is 0.222. The lowest BCUT2D eigenvalue weighted by Gasteiger charge is -2.01. The number of carbonyl (C=O) groups is 1. The van der Waals surface area contributed by atoms with Gasteiger partial charge in [0.25, 0.3) is 0 Å². The molecule has 1 aromatic rings. The van der Waals surface area contributed by atoms with Crippen molar-refractivity contribution in [3.05, 3.63) is 34.1 Å². The van der Waals surface area contributed by atoms with E-state index in [2.05, 4.69) is 15.9 Å². The molecule has 0 aliphatic carbocycles. The highest BCUT2D eigenvalue weighted by Crippen LogP contribution is 2.18. The van der Waals surface area contributed by atoms with Crippen molar-refractivity contribution in [2.75, 3.05) is 5.88 Å². The number of hydrogen-bond donors (Lipinski definition) is 0. The Morgan fingerprint density at radius 1 is 1.54 bits per heavy atom. The summed E-state index contributed by atoms with van der Waals surface area (Å²) in [5, 5.41) is 0. The maximum Gasteiger partial charge on any atom is 0.151 e. The van der Waals surface area contributed by atoms with Gasteiger partial charge in [0.1, 0.15) is 5.82 Å². The summed E-state index contributed by atoms with van der Waals surface area (Å²) in [4.78, 5) is 11.0. The summed E-state index contributed by atoms with van der Waals surface area (Å²) < 4.78 is 13.5. The first-order valence-electron chi connectivity index (χ1n) is 3.65. The Kier molecular flexibility index (Phi) is 3.88. The van der Waals surface area contributed by atoms with E-state index in [0.29, 0.717) is 5.56 Å².